The zero-order valence-electron chi connectivity index (χ0n) is 13.5. The van der Waals surface area contributed by atoms with E-state index in [2.05, 4.69) is 15.6 Å². The summed E-state index contributed by atoms with van der Waals surface area (Å²) < 4.78 is 41.8. The normalized spacial score (nSPS) is 11.7. The summed E-state index contributed by atoms with van der Waals surface area (Å²) in [6, 6.07) is 5.39. The summed E-state index contributed by atoms with van der Waals surface area (Å²) in [5, 5.41) is 6.21. The molecule has 9 heteroatoms. The summed E-state index contributed by atoms with van der Waals surface area (Å²) >= 11 is 5.87. The number of guanidine groups is 1. The van der Waals surface area contributed by atoms with Crippen molar-refractivity contribution in [3.05, 3.63) is 28.8 Å². The molecule has 4 nitrogen and oxygen atoms in total. The van der Waals surface area contributed by atoms with E-state index in [0.29, 0.717) is 30.6 Å². The molecule has 0 aromatic heterocycles. The third kappa shape index (κ3) is 10.1. The van der Waals surface area contributed by atoms with E-state index in [9.17, 15) is 13.2 Å². The van der Waals surface area contributed by atoms with Crippen LogP contribution in [0, 0.1) is 6.92 Å². The molecule has 0 unspecified atom stereocenters. The molecule has 24 heavy (non-hydrogen) atoms. The van der Waals surface area contributed by atoms with Crippen LogP contribution in [0.1, 0.15) is 18.4 Å². The quantitative estimate of drug-likeness (QED) is 0.267. The molecule has 0 aliphatic heterocycles. The van der Waals surface area contributed by atoms with Crippen LogP contribution in [0.5, 0.6) is 5.75 Å². The lowest BCUT2D eigenvalue weighted by atomic mass is 10.2. The predicted molar refractivity (Wildman–Crippen MR) is 102 cm³/mol. The summed E-state index contributed by atoms with van der Waals surface area (Å²) in [5.41, 5.74) is 0.954. The Hall–Kier alpha value is -0.900. The van der Waals surface area contributed by atoms with Crippen LogP contribution in [0.2, 0.25) is 5.02 Å². The monoisotopic (exact) mass is 479 g/mol. The number of nitrogens with one attached hydrogen (secondary N) is 2. The molecular weight excluding hydrogens is 458 g/mol. The van der Waals surface area contributed by atoms with Crippen LogP contribution in [0.15, 0.2) is 23.2 Å². The summed E-state index contributed by atoms with van der Waals surface area (Å²) in [4.78, 5) is 3.86. The molecule has 0 amide bonds. The highest BCUT2D eigenvalue weighted by molar-refractivity contribution is 14.0. The molecule has 1 aromatic carbocycles. The van der Waals surface area contributed by atoms with Crippen molar-refractivity contribution in [2.24, 2.45) is 4.99 Å². The average Bonchev–Trinajstić information content (AvgIpc) is 2.45. The van der Waals surface area contributed by atoms with Crippen LogP contribution in [0.3, 0.4) is 0 Å². The first kappa shape index (κ1) is 23.1. The molecule has 0 atom stereocenters. The van der Waals surface area contributed by atoms with Crippen molar-refractivity contribution in [3.63, 3.8) is 0 Å². The van der Waals surface area contributed by atoms with Gasteiger partial charge >= 0.3 is 6.18 Å². The number of aliphatic imine (C=N–C) groups is 1. The van der Waals surface area contributed by atoms with E-state index in [1.54, 1.807) is 6.07 Å². The highest BCUT2D eigenvalue weighted by Gasteiger charge is 2.26. The van der Waals surface area contributed by atoms with Gasteiger partial charge in [0.05, 0.1) is 13.0 Å². The summed E-state index contributed by atoms with van der Waals surface area (Å²) in [6.07, 6.45) is -4.38. The van der Waals surface area contributed by atoms with Crippen LogP contribution < -0.4 is 15.4 Å². The minimum Gasteiger partial charge on any atom is -0.493 e. The minimum atomic E-state index is -4.17. The maximum atomic E-state index is 12.1. The van der Waals surface area contributed by atoms with Gasteiger partial charge in [-0.3, -0.25) is 4.99 Å². The van der Waals surface area contributed by atoms with E-state index in [0.717, 1.165) is 11.3 Å². The number of hydrogen-bond acceptors (Lipinski definition) is 2. The Bertz CT molecular complexity index is 527. The highest BCUT2D eigenvalue weighted by atomic mass is 127. The maximum Gasteiger partial charge on any atom is 0.390 e. The lowest BCUT2D eigenvalue weighted by molar-refractivity contribution is -0.132. The largest absolute Gasteiger partial charge is 0.493 e. The van der Waals surface area contributed by atoms with Crippen LogP contribution in [0.25, 0.3) is 0 Å². The van der Waals surface area contributed by atoms with Gasteiger partial charge in [0.1, 0.15) is 5.75 Å². The highest BCUT2D eigenvalue weighted by Crippen LogP contribution is 2.21. The van der Waals surface area contributed by atoms with E-state index in [-0.39, 0.29) is 30.5 Å². The van der Waals surface area contributed by atoms with Gasteiger partial charge in [-0.2, -0.15) is 13.2 Å². The minimum absolute atomic E-state index is 0. The van der Waals surface area contributed by atoms with Gasteiger partial charge in [0.15, 0.2) is 5.96 Å². The Morgan fingerprint density at radius 3 is 2.50 bits per heavy atom. The van der Waals surface area contributed by atoms with Crippen molar-refractivity contribution in [3.8, 4) is 5.75 Å². The lowest BCUT2D eigenvalue weighted by Gasteiger charge is -2.13. The molecule has 0 saturated carbocycles. The van der Waals surface area contributed by atoms with Crippen molar-refractivity contribution in [2.75, 3.05) is 26.7 Å². The number of rotatable bonds is 7. The molecule has 1 aromatic rings. The second-order valence-corrected chi connectivity index (χ2v) is 5.34. The van der Waals surface area contributed by atoms with Gasteiger partial charge < -0.3 is 15.4 Å². The first-order chi connectivity index (χ1) is 10.8. The van der Waals surface area contributed by atoms with Gasteiger partial charge in [0, 0.05) is 25.2 Å². The Morgan fingerprint density at radius 1 is 1.25 bits per heavy atom. The fraction of sp³-hybridized carbons (Fsp3) is 0.533. The third-order valence-corrected chi connectivity index (χ3v) is 3.17. The van der Waals surface area contributed by atoms with Crippen LogP contribution in [-0.4, -0.2) is 38.9 Å². The zero-order valence-corrected chi connectivity index (χ0v) is 16.6. The second-order valence-electron chi connectivity index (χ2n) is 4.90. The molecule has 0 aliphatic carbocycles. The molecule has 1 rings (SSSR count). The number of alkyl halides is 3. The van der Waals surface area contributed by atoms with Crippen molar-refractivity contribution in [1.29, 1.82) is 0 Å². The lowest BCUT2D eigenvalue weighted by Crippen LogP contribution is -2.39. The molecule has 2 N–H and O–H groups in total. The predicted octanol–water partition coefficient (Wildman–Crippen LogP) is 4.15. The summed E-state index contributed by atoms with van der Waals surface area (Å²) in [6.45, 7) is 2.73. The fourth-order valence-electron chi connectivity index (χ4n) is 1.78. The van der Waals surface area contributed by atoms with Gasteiger partial charge in [0.25, 0.3) is 0 Å². The van der Waals surface area contributed by atoms with Crippen molar-refractivity contribution in [2.45, 2.75) is 25.9 Å². The molecule has 0 radical (unpaired) electrons. The fourth-order valence-corrected chi connectivity index (χ4v) is 2.01. The number of hydrogen-bond donors (Lipinski definition) is 2. The zero-order chi connectivity index (χ0) is 17.3. The van der Waals surface area contributed by atoms with Crippen LogP contribution in [-0.2, 0) is 0 Å². The number of nitrogens with zero attached hydrogens (tertiary/aromatic N) is 1. The standard InChI is InChI=1S/C15H21ClF3N3O.HI/c1-11-10-12(16)4-5-13(11)23-9-3-7-21-14(20-2)22-8-6-15(17,18)19;/h4-5,10H,3,6-9H2,1-2H3,(H2,20,21,22);1H. The van der Waals surface area contributed by atoms with Crippen molar-refractivity contribution >= 4 is 41.5 Å². The van der Waals surface area contributed by atoms with Gasteiger partial charge in [-0.25, -0.2) is 0 Å². The van der Waals surface area contributed by atoms with E-state index in [1.165, 1.54) is 7.05 Å². The van der Waals surface area contributed by atoms with E-state index < -0.39 is 12.6 Å². The second kappa shape index (κ2) is 11.6. The SMILES string of the molecule is CN=C(NCCCOc1ccc(Cl)cc1C)NCCC(F)(F)F.I. The van der Waals surface area contributed by atoms with Gasteiger partial charge in [-0.05, 0) is 37.1 Å². The van der Waals surface area contributed by atoms with Gasteiger partial charge in [-0.1, -0.05) is 11.6 Å². The topological polar surface area (TPSA) is 45.7 Å². The first-order valence-corrected chi connectivity index (χ1v) is 7.60. The Kier molecular flexibility index (Phi) is 11.2. The molecule has 0 aliphatic rings. The van der Waals surface area contributed by atoms with Gasteiger partial charge in [-0.15, -0.1) is 24.0 Å². The first-order valence-electron chi connectivity index (χ1n) is 7.22. The number of ether oxygens (including phenoxy) is 1. The number of benzene rings is 1. The Labute approximate surface area is 162 Å². The average molecular weight is 480 g/mol. The Balaban J connectivity index is 0.00000529. The molecule has 0 spiro atoms. The number of halogens is 5. The van der Waals surface area contributed by atoms with Crippen LogP contribution in [0.4, 0.5) is 13.2 Å². The summed E-state index contributed by atoms with van der Waals surface area (Å²) in [7, 11) is 1.51. The molecular formula is C15H22ClF3IN3O. The summed E-state index contributed by atoms with van der Waals surface area (Å²) in [5.74, 6) is 1.11. The third-order valence-electron chi connectivity index (χ3n) is 2.93. The Morgan fingerprint density at radius 2 is 1.92 bits per heavy atom. The molecule has 0 saturated heterocycles. The maximum absolute atomic E-state index is 12.1. The van der Waals surface area contributed by atoms with Crippen LogP contribution >= 0.6 is 35.6 Å². The van der Waals surface area contributed by atoms with E-state index >= 15 is 0 Å². The molecule has 0 heterocycles. The van der Waals surface area contributed by atoms with Gasteiger partial charge in [0.2, 0.25) is 0 Å². The molecule has 0 fully saturated rings. The van der Waals surface area contributed by atoms with Crippen molar-refractivity contribution in [1.82, 2.24) is 10.6 Å². The van der Waals surface area contributed by atoms with Crippen molar-refractivity contribution < 1.29 is 17.9 Å². The molecule has 0 bridgehead atoms. The van der Waals surface area contributed by atoms with E-state index in [1.807, 2.05) is 19.1 Å². The smallest absolute Gasteiger partial charge is 0.390 e. The van der Waals surface area contributed by atoms with E-state index in [4.69, 9.17) is 16.3 Å². The molecule has 138 valence electrons. The number of aryl methyl sites for hydroxylation is 1.